The third-order valence-electron chi connectivity index (χ3n) is 3.11. The van der Waals surface area contributed by atoms with E-state index in [2.05, 4.69) is 27.8 Å². The maximum atomic E-state index is 3.60. The summed E-state index contributed by atoms with van der Waals surface area (Å²) in [6.45, 7) is 2.25. The lowest BCUT2D eigenvalue weighted by atomic mass is 10.0. The molecule has 1 unspecified atom stereocenters. The van der Waals surface area contributed by atoms with Crippen LogP contribution in [0.4, 0.5) is 0 Å². The van der Waals surface area contributed by atoms with Gasteiger partial charge in [0.05, 0.1) is 0 Å². The average molecular weight is 181 g/mol. The van der Waals surface area contributed by atoms with Crippen molar-refractivity contribution in [3.63, 3.8) is 0 Å². The Hall–Kier alpha value is -0.540. The van der Waals surface area contributed by atoms with E-state index in [9.17, 15) is 0 Å². The molecule has 0 saturated carbocycles. The van der Waals surface area contributed by atoms with E-state index >= 15 is 0 Å². The summed E-state index contributed by atoms with van der Waals surface area (Å²) in [5, 5.41) is 7.02. The van der Waals surface area contributed by atoms with E-state index in [1.165, 1.54) is 25.8 Å². The smallest absolute Gasteiger partial charge is 0.145 e. The number of hydrogen-bond acceptors (Lipinski definition) is 3. The highest BCUT2D eigenvalue weighted by atomic mass is 15.4. The molecule has 0 aromatic carbocycles. The van der Waals surface area contributed by atoms with Crippen molar-refractivity contribution in [1.82, 2.24) is 15.5 Å². The highest BCUT2D eigenvalue weighted by molar-refractivity contribution is 4.99. The van der Waals surface area contributed by atoms with Gasteiger partial charge in [0.15, 0.2) is 0 Å². The van der Waals surface area contributed by atoms with Crippen molar-refractivity contribution in [1.29, 1.82) is 0 Å². The Morgan fingerprint density at radius 3 is 3.23 bits per heavy atom. The SMILES string of the molecule is CNC12CCCCN1C=CCCN2. The Kier molecular flexibility index (Phi) is 2.56. The van der Waals surface area contributed by atoms with Crippen LogP contribution >= 0.6 is 0 Å². The van der Waals surface area contributed by atoms with Gasteiger partial charge >= 0.3 is 0 Å². The lowest BCUT2D eigenvalue weighted by Crippen LogP contribution is -2.66. The van der Waals surface area contributed by atoms with Crippen molar-refractivity contribution in [3.8, 4) is 0 Å². The Morgan fingerprint density at radius 2 is 2.38 bits per heavy atom. The van der Waals surface area contributed by atoms with Crippen molar-refractivity contribution >= 4 is 0 Å². The van der Waals surface area contributed by atoms with Gasteiger partial charge in [-0.2, -0.15) is 0 Å². The fourth-order valence-corrected chi connectivity index (χ4v) is 2.31. The summed E-state index contributed by atoms with van der Waals surface area (Å²) in [6, 6.07) is 0. The average Bonchev–Trinajstić information content (AvgIpc) is 2.40. The van der Waals surface area contributed by atoms with Gasteiger partial charge in [0.2, 0.25) is 0 Å². The highest BCUT2D eigenvalue weighted by Crippen LogP contribution is 2.24. The molecule has 2 N–H and O–H groups in total. The van der Waals surface area contributed by atoms with Crippen LogP contribution in [0, 0.1) is 0 Å². The molecular weight excluding hydrogens is 162 g/mol. The van der Waals surface area contributed by atoms with Crippen molar-refractivity contribution in [2.24, 2.45) is 0 Å². The second-order valence-corrected chi connectivity index (χ2v) is 3.86. The number of hydrogen-bond donors (Lipinski definition) is 2. The molecule has 0 bridgehead atoms. The van der Waals surface area contributed by atoms with E-state index in [1.54, 1.807) is 0 Å². The van der Waals surface area contributed by atoms with Crippen LogP contribution in [0.3, 0.4) is 0 Å². The highest BCUT2D eigenvalue weighted by Gasteiger charge is 2.35. The van der Waals surface area contributed by atoms with Gasteiger partial charge in [-0.3, -0.25) is 10.6 Å². The van der Waals surface area contributed by atoms with Crippen molar-refractivity contribution in [2.75, 3.05) is 20.1 Å². The van der Waals surface area contributed by atoms with E-state index in [4.69, 9.17) is 0 Å². The van der Waals surface area contributed by atoms with Crippen LogP contribution < -0.4 is 10.6 Å². The van der Waals surface area contributed by atoms with Gasteiger partial charge in [0.25, 0.3) is 0 Å². The van der Waals surface area contributed by atoms with E-state index in [0.717, 1.165) is 13.0 Å². The van der Waals surface area contributed by atoms with Crippen LogP contribution in [0.1, 0.15) is 25.7 Å². The van der Waals surface area contributed by atoms with Gasteiger partial charge in [0, 0.05) is 13.1 Å². The molecular formula is C10H19N3. The summed E-state index contributed by atoms with van der Waals surface area (Å²) in [5.74, 6) is 0.0469. The van der Waals surface area contributed by atoms with Gasteiger partial charge in [0.1, 0.15) is 5.79 Å². The summed E-state index contributed by atoms with van der Waals surface area (Å²) < 4.78 is 0. The molecule has 0 aromatic rings. The maximum Gasteiger partial charge on any atom is 0.145 e. The van der Waals surface area contributed by atoms with E-state index < -0.39 is 0 Å². The minimum absolute atomic E-state index is 0.0469. The second kappa shape index (κ2) is 3.68. The summed E-state index contributed by atoms with van der Waals surface area (Å²) in [6.07, 6.45) is 9.48. The van der Waals surface area contributed by atoms with Crippen molar-refractivity contribution in [3.05, 3.63) is 12.3 Å². The third-order valence-corrected chi connectivity index (χ3v) is 3.11. The molecule has 1 atom stereocenters. The standard InChI is InChI=1S/C10H19N3/c1-11-10-6-2-4-8-13(10)9-5-3-7-12-10/h5,9,11-12H,2-4,6-8H2,1H3. The topological polar surface area (TPSA) is 27.3 Å². The molecule has 13 heavy (non-hydrogen) atoms. The minimum atomic E-state index is 0.0469. The number of nitrogens with one attached hydrogen (secondary N) is 2. The van der Waals surface area contributed by atoms with E-state index in [0.29, 0.717) is 0 Å². The fourth-order valence-electron chi connectivity index (χ4n) is 2.31. The molecule has 2 aliphatic heterocycles. The van der Waals surface area contributed by atoms with Gasteiger partial charge in [-0.15, -0.1) is 0 Å². The Labute approximate surface area is 80.2 Å². The molecule has 3 nitrogen and oxygen atoms in total. The van der Waals surface area contributed by atoms with Crippen LogP contribution in [-0.2, 0) is 0 Å². The number of fused-ring (bicyclic) bond motifs is 1. The fraction of sp³-hybridized carbons (Fsp3) is 0.800. The van der Waals surface area contributed by atoms with Crippen molar-refractivity contribution < 1.29 is 0 Å². The zero-order valence-electron chi connectivity index (χ0n) is 8.34. The first-order valence-electron chi connectivity index (χ1n) is 5.25. The van der Waals surface area contributed by atoms with Crippen LogP contribution in [0.15, 0.2) is 12.3 Å². The van der Waals surface area contributed by atoms with Gasteiger partial charge in [-0.05, 0) is 38.9 Å². The summed E-state index contributed by atoms with van der Waals surface area (Å²) in [4.78, 5) is 2.41. The van der Waals surface area contributed by atoms with Crippen LogP contribution in [0.5, 0.6) is 0 Å². The van der Waals surface area contributed by atoms with E-state index in [-0.39, 0.29) is 5.79 Å². The first kappa shape index (κ1) is 9.03. The lowest BCUT2D eigenvalue weighted by molar-refractivity contribution is 0.0385. The normalized spacial score (nSPS) is 34.1. The third kappa shape index (κ3) is 1.58. The zero-order chi connectivity index (χ0) is 9.15. The molecule has 1 fully saturated rings. The molecule has 2 heterocycles. The second-order valence-electron chi connectivity index (χ2n) is 3.86. The van der Waals surface area contributed by atoms with Gasteiger partial charge in [-0.1, -0.05) is 6.08 Å². The van der Waals surface area contributed by atoms with Crippen molar-refractivity contribution in [2.45, 2.75) is 31.5 Å². The lowest BCUT2D eigenvalue weighted by Gasteiger charge is -2.46. The first-order chi connectivity index (χ1) is 6.37. The minimum Gasteiger partial charge on any atom is -0.348 e. The largest absolute Gasteiger partial charge is 0.348 e. The summed E-state index contributed by atoms with van der Waals surface area (Å²) in [5.41, 5.74) is 0. The number of nitrogens with zero attached hydrogens (tertiary/aromatic N) is 1. The Bertz CT molecular complexity index is 202. The first-order valence-corrected chi connectivity index (χ1v) is 5.25. The maximum absolute atomic E-state index is 3.60. The van der Waals surface area contributed by atoms with Crippen LogP contribution in [0.2, 0.25) is 0 Å². The molecule has 2 rings (SSSR count). The molecule has 2 aliphatic rings. The number of rotatable bonds is 1. The zero-order valence-corrected chi connectivity index (χ0v) is 8.34. The van der Waals surface area contributed by atoms with Gasteiger partial charge < -0.3 is 4.90 Å². The van der Waals surface area contributed by atoms with Crippen LogP contribution in [0.25, 0.3) is 0 Å². The molecule has 0 aromatic heterocycles. The van der Waals surface area contributed by atoms with Gasteiger partial charge in [-0.25, -0.2) is 0 Å². The Balaban J connectivity index is 2.18. The predicted molar refractivity (Wildman–Crippen MR) is 54.1 cm³/mol. The molecule has 0 aliphatic carbocycles. The number of piperidine rings is 1. The molecule has 0 radical (unpaired) electrons. The molecule has 74 valence electrons. The molecule has 0 amide bonds. The molecule has 0 spiro atoms. The molecule has 3 heteroatoms. The Morgan fingerprint density at radius 1 is 1.46 bits per heavy atom. The monoisotopic (exact) mass is 181 g/mol. The van der Waals surface area contributed by atoms with E-state index in [1.807, 2.05) is 7.05 Å². The molecule has 1 saturated heterocycles. The van der Waals surface area contributed by atoms with Crippen LogP contribution in [-0.4, -0.2) is 30.8 Å². The summed E-state index contributed by atoms with van der Waals surface area (Å²) >= 11 is 0. The predicted octanol–water partition coefficient (Wildman–Crippen LogP) is 0.852. The quantitative estimate of drug-likeness (QED) is 0.628. The summed E-state index contributed by atoms with van der Waals surface area (Å²) in [7, 11) is 2.05.